The van der Waals surface area contributed by atoms with E-state index in [9.17, 15) is 32.6 Å². The lowest BCUT2D eigenvalue weighted by Gasteiger charge is -2.19. The zero-order valence-electron chi connectivity index (χ0n) is 16.2. The van der Waals surface area contributed by atoms with Gasteiger partial charge in [0.15, 0.2) is 0 Å². The predicted octanol–water partition coefficient (Wildman–Crippen LogP) is 4.28. The molecule has 0 saturated heterocycles. The number of aliphatic hydroxyl groups excluding tert-OH is 2. The Labute approximate surface area is 175 Å². The fraction of sp³-hybridized carbons (Fsp3) is 0.261. The molecule has 0 aromatic heterocycles. The molecular formula is C23H19F4NO3. The van der Waals surface area contributed by atoms with Crippen LogP contribution in [0.2, 0.25) is 0 Å². The van der Waals surface area contributed by atoms with Crippen LogP contribution < -0.4 is 5.32 Å². The maximum absolute atomic E-state index is 14.1. The smallest absolute Gasteiger partial charge is 0.390 e. The summed E-state index contributed by atoms with van der Waals surface area (Å²) in [5, 5.41) is 23.5. The highest BCUT2D eigenvalue weighted by Gasteiger charge is 2.35. The van der Waals surface area contributed by atoms with E-state index >= 15 is 0 Å². The van der Waals surface area contributed by atoms with Crippen LogP contribution >= 0.6 is 0 Å². The molecule has 4 nitrogen and oxygen atoms in total. The van der Waals surface area contributed by atoms with Gasteiger partial charge in [-0.1, -0.05) is 36.4 Å². The van der Waals surface area contributed by atoms with E-state index in [0.717, 1.165) is 6.07 Å². The monoisotopic (exact) mass is 433 g/mol. The van der Waals surface area contributed by atoms with E-state index in [4.69, 9.17) is 0 Å². The Balaban J connectivity index is 1.72. The molecule has 1 aliphatic rings. The topological polar surface area (TPSA) is 69.6 Å². The molecule has 1 aliphatic carbocycles. The molecule has 0 aliphatic heterocycles. The number of carbonyl (C=O) groups excluding carboxylic acids is 1. The third-order valence-electron chi connectivity index (χ3n) is 5.65. The number of rotatable bonds is 3. The van der Waals surface area contributed by atoms with Crippen molar-refractivity contribution >= 4 is 16.7 Å². The molecule has 3 N–H and O–H groups in total. The van der Waals surface area contributed by atoms with Crippen LogP contribution in [0.25, 0.3) is 21.9 Å². The van der Waals surface area contributed by atoms with Gasteiger partial charge in [-0.3, -0.25) is 4.79 Å². The summed E-state index contributed by atoms with van der Waals surface area (Å²) in [5.41, 5.74) is -0.298. The van der Waals surface area contributed by atoms with Gasteiger partial charge in [0.25, 0.3) is 5.91 Å². The van der Waals surface area contributed by atoms with Crippen molar-refractivity contribution < 1.29 is 32.6 Å². The summed E-state index contributed by atoms with van der Waals surface area (Å²) < 4.78 is 52.7. The number of hydrogen-bond acceptors (Lipinski definition) is 3. The van der Waals surface area contributed by atoms with Crippen LogP contribution in [0, 0.1) is 5.82 Å². The maximum Gasteiger partial charge on any atom is 0.419 e. The van der Waals surface area contributed by atoms with Crippen molar-refractivity contribution in [3.63, 3.8) is 0 Å². The number of hydrogen-bond donors (Lipinski definition) is 3. The minimum Gasteiger partial charge on any atom is -0.390 e. The van der Waals surface area contributed by atoms with Gasteiger partial charge in [0.2, 0.25) is 0 Å². The standard InChI is InChI=1S/C23H19F4NO3/c24-18-11-12(5-8-17(18)23(25,26)27)13-6-7-16(15-4-2-1-3-14(13)15)22(31)28-19-9-10-20(29)21(19)30/h1-8,11,19-21,29-30H,9-10H2,(H,28,31)/t19-,20-,21-/m1/s1. The minimum atomic E-state index is -4.79. The molecule has 0 bridgehead atoms. The molecule has 3 aromatic rings. The Kier molecular flexibility index (Phi) is 5.45. The van der Waals surface area contributed by atoms with Crippen LogP contribution in [0.3, 0.4) is 0 Å². The molecule has 0 spiro atoms. The van der Waals surface area contributed by atoms with Gasteiger partial charge in [-0.25, -0.2) is 4.39 Å². The summed E-state index contributed by atoms with van der Waals surface area (Å²) in [4.78, 5) is 12.8. The van der Waals surface area contributed by atoms with Gasteiger partial charge < -0.3 is 15.5 Å². The van der Waals surface area contributed by atoms with Gasteiger partial charge in [-0.2, -0.15) is 13.2 Å². The van der Waals surface area contributed by atoms with E-state index in [0.29, 0.717) is 40.8 Å². The van der Waals surface area contributed by atoms with E-state index in [1.807, 2.05) is 0 Å². The second-order valence-electron chi connectivity index (χ2n) is 7.61. The summed E-state index contributed by atoms with van der Waals surface area (Å²) in [6.45, 7) is 0. The molecular weight excluding hydrogens is 414 g/mol. The lowest BCUT2D eigenvalue weighted by Crippen LogP contribution is -2.43. The number of alkyl halides is 3. The summed E-state index contributed by atoms with van der Waals surface area (Å²) in [7, 11) is 0. The third kappa shape index (κ3) is 4.00. The first-order valence-electron chi connectivity index (χ1n) is 9.72. The normalized spacial score (nSPS) is 21.4. The van der Waals surface area contributed by atoms with Gasteiger partial charge in [-0.15, -0.1) is 0 Å². The lowest BCUT2D eigenvalue weighted by molar-refractivity contribution is -0.139. The van der Waals surface area contributed by atoms with Crippen LogP contribution in [0.15, 0.2) is 54.6 Å². The number of fused-ring (bicyclic) bond motifs is 1. The van der Waals surface area contributed by atoms with Crippen LogP contribution in [0.4, 0.5) is 17.6 Å². The van der Waals surface area contributed by atoms with Gasteiger partial charge >= 0.3 is 6.18 Å². The fourth-order valence-electron chi connectivity index (χ4n) is 4.03. The fourth-order valence-corrected chi connectivity index (χ4v) is 4.03. The number of carbonyl (C=O) groups is 1. The van der Waals surface area contributed by atoms with Crippen LogP contribution in [0.5, 0.6) is 0 Å². The van der Waals surface area contributed by atoms with E-state index in [1.165, 1.54) is 12.1 Å². The number of amides is 1. The average molecular weight is 433 g/mol. The van der Waals surface area contributed by atoms with Crippen LogP contribution in [-0.4, -0.2) is 34.4 Å². The van der Waals surface area contributed by atoms with Gasteiger partial charge in [0.1, 0.15) is 11.9 Å². The molecule has 8 heteroatoms. The summed E-state index contributed by atoms with van der Waals surface area (Å²) in [6.07, 6.45) is -5.91. The molecule has 1 saturated carbocycles. The zero-order valence-corrected chi connectivity index (χ0v) is 16.2. The number of aliphatic hydroxyl groups is 2. The molecule has 1 fully saturated rings. The second kappa shape index (κ2) is 7.94. The van der Waals surface area contributed by atoms with E-state index in [1.54, 1.807) is 30.3 Å². The minimum absolute atomic E-state index is 0.253. The summed E-state index contributed by atoms with van der Waals surface area (Å²) >= 11 is 0. The van der Waals surface area contributed by atoms with Crippen molar-refractivity contribution in [1.82, 2.24) is 5.32 Å². The van der Waals surface area contributed by atoms with E-state index in [2.05, 4.69) is 5.32 Å². The quantitative estimate of drug-likeness (QED) is 0.540. The van der Waals surface area contributed by atoms with Crippen LogP contribution in [-0.2, 0) is 6.18 Å². The molecule has 1 amide bonds. The van der Waals surface area contributed by atoms with Crippen molar-refractivity contribution in [2.75, 3.05) is 0 Å². The molecule has 3 aromatic carbocycles. The molecule has 4 rings (SSSR count). The molecule has 0 heterocycles. The Morgan fingerprint density at radius 2 is 1.68 bits per heavy atom. The predicted molar refractivity (Wildman–Crippen MR) is 107 cm³/mol. The van der Waals surface area contributed by atoms with Gasteiger partial charge in [0.05, 0.1) is 17.7 Å². The van der Waals surface area contributed by atoms with Crippen molar-refractivity contribution in [3.05, 3.63) is 71.5 Å². The van der Waals surface area contributed by atoms with Gasteiger partial charge in [0, 0.05) is 5.56 Å². The molecule has 0 unspecified atom stereocenters. The summed E-state index contributed by atoms with van der Waals surface area (Å²) in [5.74, 6) is -1.82. The van der Waals surface area contributed by atoms with Gasteiger partial charge in [-0.05, 0) is 52.9 Å². The Morgan fingerprint density at radius 1 is 0.968 bits per heavy atom. The first-order chi connectivity index (χ1) is 14.7. The Bertz CT molecular complexity index is 1150. The number of halogens is 4. The van der Waals surface area contributed by atoms with Crippen LogP contribution in [0.1, 0.15) is 28.8 Å². The molecule has 0 radical (unpaired) electrons. The number of benzene rings is 3. The van der Waals surface area contributed by atoms with Crippen molar-refractivity contribution in [3.8, 4) is 11.1 Å². The highest BCUT2D eigenvalue weighted by Crippen LogP contribution is 2.36. The first-order valence-corrected chi connectivity index (χ1v) is 9.72. The molecule has 31 heavy (non-hydrogen) atoms. The summed E-state index contributed by atoms with van der Waals surface area (Å²) in [6, 6.07) is 12.0. The van der Waals surface area contributed by atoms with E-state index < -0.39 is 41.7 Å². The lowest BCUT2D eigenvalue weighted by atomic mass is 9.94. The third-order valence-corrected chi connectivity index (χ3v) is 5.65. The average Bonchev–Trinajstić information content (AvgIpc) is 3.04. The zero-order chi connectivity index (χ0) is 22.3. The molecule has 3 atom stereocenters. The highest BCUT2D eigenvalue weighted by atomic mass is 19.4. The van der Waals surface area contributed by atoms with Crippen molar-refractivity contribution in [2.24, 2.45) is 0 Å². The highest BCUT2D eigenvalue weighted by molar-refractivity contribution is 6.11. The van der Waals surface area contributed by atoms with Crippen molar-refractivity contribution in [1.29, 1.82) is 0 Å². The first kappa shape index (κ1) is 21.3. The second-order valence-corrected chi connectivity index (χ2v) is 7.61. The molecule has 162 valence electrons. The largest absolute Gasteiger partial charge is 0.419 e. The van der Waals surface area contributed by atoms with Crippen molar-refractivity contribution in [2.45, 2.75) is 37.3 Å². The Hall–Kier alpha value is -2.97. The maximum atomic E-state index is 14.1. The SMILES string of the molecule is O=C(N[C@@H]1CC[C@@H](O)[C@@H]1O)c1ccc(-c2ccc(C(F)(F)F)c(F)c2)c2ccccc12. The van der Waals surface area contributed by atoms with E-state index in [-0.39, 0.29) is 5.56 Å². The Morgan fingerprint density at radius 3 is 2.29 bits per heavy atom. The number of nitrogens with one attached hydrogen (secondary N) is 1.